The van der Waals surface area contributed by atoms with Gasteiger partial charge in [0, 0.05) is 50.4 Å². The molecule has 3 unspecified atom stereocenters. The van der Waals surface area contributed by atoms with Crippen LogP contribution in [0.2, 0.25) is 0 Å². The van der Waals surface area contributed by atoms with Crippen molar-refractivity contribution in [1.29, 1.82) is 0 Å². The molecule has 3 rings (SSSR count). The van der Waals surface area contributed by atoms with Crippen molar-refractivity contribution in [2.24, 2.45) is 0 Å². The molecule has 6 heteroatoms. The largest absolute Gasteiger partial charge is 0.497 e. The third-order valence-corrected chi connectivity index (χ3v) is 6.84. The van der Waals surface area contributed by atoms with E-state index in [4.69, 9.17) is 4.74 Å². The third kappa shape index (κ3) is 5.69. The number of carbonyl (C=O) groups is 1. The molecule has 0 aromatic heterocycles. The van der Waals surface area contributed by atoms with Gasteiger partial charge in [-0.2, -0.15) is 0 Å². The molecule has 1 fully saturated rings. The van der Waals surface area contributed by atoms with E-state index < -0.39 is 0 Å². The van der Waals surface area contributed by atoms with Gasteiger partial charge in [-0.1, -0.05) is 30.3 Å². The number of carbonyl (C=O) groups excluding carboxylic acids is 1. The van der Waals surface area contributed by atoms with Crippen LogP contribution in [-0.2, 0) is 0 Å². The molecule has 6 nitrogen and oxygen atoms in total. The van der Waals surface area contributed by atoms with Gasteiger partial charge in [0.15, 0.2) is 0 Å². The van der Waals surface area contributed by atoms with Crippen LogP contribution >= 0.6 is 0 Å². The van der Waals surface area contributed by atoms with Gasteiger partial charge in [-0.15, -0.1) is 6.58 Å². The summed E-state index contributed by atoms with van der Waals surface area (Å²) in [5, 5.41) is 10.1. The van der Waals surface area contributed by atoms with Crippen LogP contribution in [0, 0.1) is 0 Å². The maximum absolute atomic E-state index is 12.8. The number of benzene rings is 2. The summed E-state index contributed by atoms with van der Waals surface area (Å²) in [5.41, 5.74) is 2.95. The third-order valence-electron chi connectivity index (χ3n) is 6.84. The number of amides is 1. The number of aliphatic hydroxyl groups is 1. The van der Waals surface area contributed by atoms with Crippen molar-refractivity contribution in [3.63, 3.8) is 0 Å². The molecule has 1 N–H and O–H groups in total. The second kappa shape index (κ2) is 12.2. The van der Waals surface area contributed by atoms with Crippen molar-refractivity contribution < 1.29 is 14.6 Å². The number of piperazine rings is 1. The number of nitrogens with zero attached hydrogens (tertiary/aromatic N) is 3. The van der Waals surface area contributed by atoms with Gasteiger partial charge in [0.2, 0.25) is 0 Å². The normalized spacial score (nSPS) is 20.0. The van der Waals surface area contributed by atoms with Crippen LogP contribution in [0.4, 0.5) is 0 Å². The first-order chi connectivity index (χ1) is 16.5. The Morgan fingerprint density at radius 3 is 2.47 bits per heavy atom. The fourth-order valence-corrected chi connectivity index (χ4v) is 4.94. The Hall–Kier alpha value is -2.67. The lowest BCUT2D eigenvalue weighted by atomic mass is 9.92. The maximum atomic E-state index is 12.8. The van der Waals surface area contributed by atoms with E-state index in [0.717, 1.165) is 36.5 Å². The smallest absolute Gasteiger partial charge is 0.253 e. The molecular weight excluding hydrogens is 426 g/mol. The van der Waals surface area contributed by atoms with E-state index in [1.165, 1.54) is 0 Å². The lowest BCUT2D eigenvalue weighted by Gasteiger charge is -2.48. The lowest BCUT2D eigenvalue weighted by molar-refractivity contribution is 0.00123. The van der Waals surface area contributed by atoms with Crippen molar-refractivity contribution in [3.8, 4) is 5.75 Å². The van der Waals surface area contributed by atoms with E-state index in [1.54, 1.807) is 7.11 Å². The minimum Gasteiger partial charge on any atom is -0.497 e. The summed E-state index contributed by atoms with van der Waals surface area (Å²) in [7, 11) is 1.68. The highest BCUT2D eigenvalue weighted by Gasteiger charge is 2.36. The number of hydrogen-bond acceptors (Lipinski definition) is 5. The molecule has 184 valence electrons. The average Bonchev–Trinajstić information content (AvgIpc) is 2.87. The Balaban J connectivity index is 2.00. The Labute approximate surface area is 204 Å². The minimum absolute atomic E-state index is 0.0253. The molecule has 0 radical (unpaired) electrons. The molecule has 1 aliphatic rings. The SMILES string of the molecule is C=CCN1CC(C)N(C(c2ccc(C(=O)N(CC)CC)cc2)c2cccc(OC)c2)CC1CO. The number of rotatable bonds is 10. The predicted molar refractivity (Wildman–Crippen MR) is 137 cm³/mol. The zero-order chi connectivity index (χ0) is 24.7. The van der Waals surface area contributed by atoms with E-state index in [2.05, 4.69) is 47.6 Å². The van der Waals surface area contributed by atoms with Gasteiger partial charge in [-0.05, 0) is 56.2 Å². The number of hydrogen-bond donors (Lipinski definition) is 1. The van der Waals surface area contributed by atoms with Crippen LogP contribution in [-0.4, -0.2) is 84.2 Å². The Morgan fingerprint density at radius 1 is 1.18 bits per heavy atom. The van der Waals surface area contributed by atoms with Crippen LogP contribution < -0.4 is 4.74 Å². The molecule has 0 saturated carbocycles. The average molecular weight is 466 g/mol. The van der Waals surface area contributed by atoms with Crippen molar-refractivity contribution >= 4 is 5.91 Å². The van der Waals surface area contributed by atoms with Crippen LogP contribution in [0.1, 0.15) is 48.3 Å². The van der Waals surface area contributed by atoms with Crippen LogP contribution in [0.3, 0.4) is 0 Å². The highest BCUT2D eigenvalue weighted by atomic mass is 16.5. The van der Waals surface area contributed by atoms with Crippen molar-refractivity contribution in [3.05, 3.63) is 77.9 Å². The van der Waals surface area contributed by atoms with Gasteiger partial charge in [-0.25, -0.2) is 0 Å². The topological polar surface area (TPSA) is 56.2 Å². The number of methoxy groups -OCH3 is 1. The predicted octanol–water partition coefficient (Wildman–Crippen LogP) is 3.82. The summed E-state index contributed by atoms with van der Waals surface area (Å²) in [6.07, 6.45) is 1.90. The lowest BCUT2D eigenvalue weighted by Crippen LogP contribution is -2.59. The molecule has 3 atom stereocenters. The summed E-state index contributed by atoms with van der Waals surface area (Å²) in [6, 6.07) is 16.4. The first kappa shape index (κ1) is 25.9. The van der Waals surface area contributed by atoms with Gasteiger partial charge in [-0.3, -0.25) is 14.6 Å². The van der Waals surface area contributed by atoms with Crippen molar-refractivity contribution in [2.75, 3.05) is 46.4 Å². The molecule has 2 aromatic carbocycles. The Morgan fingerprint density at radius 2 is 1.88 bits per heavy atom. The Kier molecular flexibility index (Phi) is 9.28. The number of ether oxygens (including phenoxy) is 1. The fraction of sp³-hybridized carbons (Fsp3) is 0.464. The molecule has 1 heterocycles. The first-order valence-corrected chi connectivity index (χ1v) is 12.2. The highest BCUT2D eigenvalue weighted by Crippen LogP contribution is 2.35. The van der Waals surface area contributed by atoms with Gasteiger partial charge in [0.05, 0.1) is 19.8 Å². The highest BCUT2D eigenvalue weighted by molar-refractivity contribution is 5.94. The minimum atomic E-state index is -0.0253. The summed E-state index contributed by atoms with van der Waals surface area (Å²) in [6.45, 7) is 13.9. The van der Waals surface area contributed by atoms with Gasteiger partial charge >= 0.3 is 0 Å². The second-order valence-electron chi connectivity index (χ2n) is 8.90. The molecule has 34 heavy (non-hydrogen) atoms. The van der Waals surface area contributed by atoms with Crippen LogP contribution in [0.15, 0.2) is 61.2 Å². The van der Waals surface area contributed by atoms with Gasteiger partial charge in [0.25, 0.3) is 5.91 Å². The zero-order valence-electron chi connectivity index (χ0n) is 21.0. The second-order valence-corrected chi connectivity index (χ2v) is 8.90. The molecule has 2 aromatic rings. The summed E-state index contributed by atoms with van der Waals surface area (Å²) in [5.74, 6) is 0.869. The summed E-state index contributed by atoms with van der Waals surface area (Å²) in [4.78, 5) is 19.4. The van der Waals surface area contributed by atoms with Crippen molar-refractivity contribution in [1.82, 2.24) is 14.7 Å². The molecule has 1 amide bonds. The van der Waals surface area contributed by atoms with E-state index in [1.807, 2.05) is 49.1 Å². The zero-order valence-corrected chi connectivity index (χ0v) is 21.0. The summed E-state index contributed by atoms with van der Waals surface area (Å²) < 4.78 is 5.52. The first-order valence-electron chi connectivity index (χ1n) is 12.2. The van der Waals surface area contributed by atoms with E-state index in [9.17, 15) is 9.90 Å². The van der Waals surface area contributed by atoms with Gasteiger partial charge in [0.1, 0.15) is 5.75 Å². The summed E-state index contributed by atoms with van der Waals surface area (Å²) >= 11 is 0. The monoisotopic (exact) mass is 465 g/mol. The molecular formula is C28H39N3O3. The van der Waals surface area contributed by atoms with Crippen LogP contribution in [0.5, 0.6) is 5.75 Å². The Bertz CT molecular complexity index is 942. The van der Waals surface area contributed by atoms with E-state index in [-0.39, 0.29) is 30.6 Å². The maximum Gasteiger partial charge on any atom is 0.253 e. The molecule has 0 spiro atoms. The van der Waals surface area contributed by atoms with Gasteiger partial charge < -0.3 is 14.7 Å². The fourth-order valence-electron chi connectivity index (χ4n) is 4.94. The van der Waals surface area contributed by atoms with E-state index in [0.29, 0.717) is 18.7 Å². The van der Waals surface area contributed by atoms with Crippen LogP contribution in [0.25, 0.3) is 0 Å². The van der Waals surface area contributed by atoms with E-state index >= 15 is 0 Å². The van der Waals surface area contributed by atoms with Crippen molar-refractivity contribution in [2.45, 2.75) is 38.9 Å². The number of aliphatic hydroxyl groups excluding tert-OH is 1. The quantitative estimate of drug-likeness (QED) is 0.541. The molecule has 1 saturated heterocycles. The molecule has 1 aliphatic heterocycles. The molecule has 0 aliphatic carbocycles. The molecule has 0 bridgehead atoms. The standard InChI is InChI=1S/C28H39N3O3/c1-6-16-30-18-21(4)31(19-25(30)20-32)27(24-10-9-11-26(17-24)34-5)22-12-14-23(15-13-22)28(33)29(7-2)8-3/h6,9-15,17,21,25,27,32H,1,7-8,16,18-20H2,2-5H3.